The fraction of sp³-hybridized carbons (Fsp3) is 1.00. The SMILES string of the molecule is CC1CN(C)C(C)CC1NCC1(O)CCCCCC1. The van der Waals surface area contributed by atoms with Gasteiger partial charge in [-0.25, -0.2) is 0 Å². The number of piperidine rings is 1. The van der Waals surface area contributed by atoms with Gasteiger partial charge in [0.2, 0.25) is 0 Å². The maximum Gasteiger partial charge on any atom is 0.0771 e. The van der Waals surface area contributed by atoms with Crippen molar-refractivity contribution in [1.82, 2.24) is 10.2 Å². The molecule has 2 N–H and O–H groups in total. The van der Waals surface area contributed by atoms with E-state index < -0.39 is 5.60 Å². The maximum absolute atomic E-state index is 10.7. The third-order valence-electron chi connectivity index (χ3n) is 5.34. The Morgan fingerprint density at radius 1 is 1.16 bits per heavy atom. The zero-order valence-electron chi connectivity index (χ0n) is 13.0. The van der Waals surface area contributed by atoms with Gasteiger partial charge in [-0.15, -0.1) is 0 Å². The van der Waals surface area contributed by atoms with Crippen LogP contribution in [0.5, 0.6) is 0 Å². The Hall–Kier alpha value is -0.120. The van der Waals surface area contributed by atoms with Crippen molar-refractivity contribution in [2.75, 3.05) is 20.1 Å². The van der Waals surface area contributed by atoms with Crippen LogP contribution >= 0.6 is 0 Å². The molecule has 3 nitrogen and oxygen atoms in total. The third-order valence-corrected chi connectivity index (χ3v) is 5.34. The second kappa shape index (κ2) is 6.55. The first-order valence-corrected chi connectivity index (χ1v) is 8.16. The first-order chi connectivity index (χ1) is 9.00. The summed E-state index contributed by atoms with van der Waals surface area (Å²) in [4.78, 5) is 2.45. The number of rotatable bonds is 3. The maximum atomic E-state index is 10.7. The summed E-state index contributed by atoms with van der Waals surface area (Å²) in [6.07, 6.45) is 8.14. The Morgan fingerprint density at radius 3 is 2.42 bits per heavy atom. The van der Waals surface area contributed by atoms with Crippen molar-refractivity contribution in [2.24, 2.45) is 5.92 Å². The van der Waals surface area contributed by atoms with Gasteiger partial charge >= 0.3 is 0 Å². The zero-order valence-corrected chi connectivity index (χ0v) is 13.0. The normalized spacial score (nSPS) is 36.9. The molecule has 0 bridgehead atoms. The van der Waals surface area contributed by atoms with E-state index in [1.165, 1.54) is 32.1 Å². The molecule has 2 aliphatic rings. The molecule has 3 heteroatoms. The molecule has 1 aliphatic carbocycles. The molecule has 0 aromatic carbocycles. The lowest BCUT2D eigenvalue weighted by atomic mass is 9.88. The van der Waals surface area contributed by atoms with Crippen molar-refractivity contribution in [3.8, 4) is 0 Å². The van der Waals surface area contributed by atoms with E-state index in [0.717, 1.165) is 25.9 Å². The van der Waals surface area contributed by atoms with Crippen LogP contribution in [-0.2, 0) is 0 Å². The van der Waals surface area contributed by atoms with Crippen molar-refractivity contribution < 1.29 is 5.11 Å². The van der Waals surface area contributed by atoms with E-state index in [9.17, 15) is 5.11 Å². The quantitative estimate of drug-likeness (QED) is 0.772. The van der Waals surface area contributed by atoms with E-state index in [4.69, 9.17) is 0 Å². The van der Waals surface area contributed by atoms with Crippen LogP contribution in [0.4, 0.5) is 0 Å². The summed E-state index contributed by atoms with van der Waals surface area (Å²) in [7, 11) is 2.22. The predicted molar refractivity (Wildman–Crippen MR) is 80.3 cm³/mol. The Bertz CT molecular complexity index is 274. The number of likely N-dealkylation sites (tertiary alicyclic amines) is 1. The molecule has 112 valence electrons. The van der Waals surface area contributed by atoms with Crippen molar-refractivity contribution in [2.45, 2.75) is 76.5 Å². The molecule has 0 aromatic rings. The molecular weight excluding hydrogens is 236 g/mol. The molecule has 19 heavy (non-hydrogen) atoms. The standard InChI is InChI=1S/C16H32N2O/c1-13-11-18(3)14(2)10-15(13)17-12-16(19)8-6-4-5-7-9-16/h13-15,17,19H,4-12H2,1-3H3. The molecule has 3 unspecified atom stereocenters. The van der Waals surface area contributed by atoms with Gasteiger partial charge in [0.25, 0.3) is 0 Å². The van der Waals surface area contributed by atoms with Gasteiger partial charge in [-0.05, 0) is 39.2 Å². The van der Waals surface area contributed by atoms with Gasteiger partial charge in [0.15, 0.2) is 0 Å². The van der Waals surface area contributed by atoms with E-state index in [1.807, 2.05) is 0 Å². The molecule has 0 spiro atoms. The van der Waals surface area contributed by atoms with E-state index >= 15 is 0 Å². The highest BCUT2D eigenvalue weighted by Crippen LogP contribution is 2.27. The van der Waals surface area contributed by atoms with E-state index in [0.29, 0.717) is 18.0 Å². The number of hydrogen-bond acceptors (Lipinski definition) is 3. The lowest BCUT2D eigenvalue weighted by Gasteiger charge is -2.41. The lowest BCUT2D eigenvalue weighted by molar-refractivity contribution is 0.0152. The molecule has 0 radical (unpaired) electrons. The van der Waals surface area contributed by atoms with Gasteiger partial charge in [-0.3, -0.25) is 0 Å². The molecule has 2 fully saturated rings. The summed E-state index contributed by atoms with van der Waals surface area (Å²) in [6, 6.07) is 1.22. The molecule has 1 aliphatic heterocycles. The van der Waals surface area contributed by atoms with Gasteiger partial charge in [-0.2, -0.15) is 0 Å². The van der Waals surface area contributed by atoms with Crippen LogP contribution in [0.3, 0.4) is 0 Å². The van der Waals surface area contributed by atoms with E-state index in [1.54, 1.807) is 0 Å². The fourth-order valence-corrected chi connectivity index (χ4v) is 3.71. The predicted octanol–water partition coefficient (Wildman–Crippen LogP) is 2.39. The third kappa shape index (κ3) is 4.17. The fourth-order valence-electron chi connectivity index (χ4n) is 3.71. The second-order valence-electron chi connectivity index (χ2n) is 7.13. The highest BCUT2D eigenvalue weighted by atomic mass is 16.3. The summed E-state index contributed by atoms with van der Waals surface area (Å²) in [6.45, 7) is 6.59. The van der Waals surface area contributed by atoms with Crippen molar-refractivity contribution in [1.29, 1.82) is 0 Å². The average molecular weight is 268 g/mol. The highest BCUT2D eigenvalue weighted by Gasteiger charge is 2.32. The van der Waals surface area contributed by atoms with Crippen molar-refractivity contribution >= 4 is 0 Å². The van der Waals surface area contributed by atoms with Crippen LogP contribution in [0.15, 0.2) is 0 Å². The van der Waals surface area contributed by atoms with E-state index in [2.05, 4.69) is 31.1 Å². The van der Waals surface area contributed by atoms with Crippen LogP contribution in [-0.4, -0.2) is 47.8 Å². The first-order valence-electron chi connectivity index (χ1n) is 8.16. The molecule has 1 saturated heterocycles. The van der Waals surface area contributed by atoms with Crippen LogP contribution in [0.25, 0.3) is 0 Å². The number of aliphatic hydroxyl groups is 1. The topological polar surface area (TPSA) is 35.5 Å². The van der Waals surface area contributed by atoms with Gasteiger partial charge in [0.1, 0.15) is 0 Å². The largest absolute Gasteiger partial charge is 0.389 e. The second-order valence-corrected chi connectivity index (χ2v) is 7.13. The summed E-state index contributed by atoms with van der Waals surface area (Å²) < 4.78 is 0. The molecule has 3 atom stereocenters. The van der Waals surface area contributed by atoms with Crippen molar-refractivity contribution in [3.05, 3.63) is 0 Å². The van der Waals surface area contributed by atoms with Crippen LogP contribution in [0.1, 0.15) is 58.8 Å². The van der Waals surface area contributed by atoms with Gasteiger partial charge in [0.05, 0.1) is 5.60 Å². The zero-order chi connectivity index (χ0) is 13.9. The monoisotopic (exact) mass is 268 g/mol. The Labute approximate surface area is 118 Å². The summed E-state index contributed by atoms with van der Waals surface area (Å²) in [5, 5.41) is 14.4. The Balaban J connectivity index is 1.83. The van der Waals surface area contributed by atoms with Crippen LogP contribution < -0.4 is 5.32 Å². The molecular formula is C16H32N2O. The minimum atomic E-state index is -0.442. The number of nitrogens with zero attached hydrogens (tertiary/aromatic N) is 1. The minimum Gasteiger partial charge on any atom is -0.389 e. The minimum absolute atomic E-state index is 0.442. The average Bonchev–Trinajstić information content (AvgIpc) is 2.58. The Kier molecular flexibility index (Phi) is 5.27. The Morgan fingerprint density at radius 2 is 1.79 bits per heavy atom. The van der Waals surface area contributed by atoms with E-state index in [-0.39, 0.29) is 0 Å². The van der Waals surface area contributed by atoms with Crippen LogP contribution in [0.2, 0.25) is 0 Å². The number of nitrogens with one attached hydrogen (secondary N) is 1. The van der Waals surface area contributed by atoms with Crippen LogP contribution in [0, 0.1) is 5.92 Å². The molecule has 2 rings (SSSR count). The lowest BCUT2D eigenvalue weighted by Crippen LogP contribution is -2.54. The molecule has 0 aromatic heterocycles. The summed E-state index contributed by atoms with van der Waals surface area (Å²) >= 11 is 0. The molecule has 1 heterocycles. The summed E-state index contributed by atoms with van der Waals surface area (Å²) in [5.74, 6) is 0.676. The summed E-state index contributed by atoms with van der Waals surface area (Å²) in [5.41, 5.74) is -0.442. The van der Waals surface area contributed by atoms with Gasteiger partial charge < -0.3 is 15.3 Å². The smallest absolute Gasteiger partial charge is 0.0771 e. The van der Waals surface area contributed by atoms with Gasteiger partial charge in [0, 0.05) is 25.2 Å². The van der Waals surface area contributed by atoms with Crippen molar-refractivity contribution in [3.63, 3.8) is 0 Å². The first kappa shape index (κ1) is 15.3. The molecule has 0 amide bonds. The van der Waals surface area contributed by atoms with Gasteiger partial charge in [-0.1, -0.05) is 32.6 Å². The highest BCUT2D eigenvalue weighted by molar-refractivity contribution is 4.90. The molecule has 1 saturated carbocycles. The number of hydrogen-bond donors (Lipinski definition) is 2.